The van der Waals surface area contributed by atoms with Gasteiger partial charge in [-0.05, 0) is 0 Å². The number of anilines is 1. The third-order valence-corrected chi connectivity index (χ3v) is 3.01. The molecule has 0 atom stereocenters. The van der Waals surface area contributed by atoms with Crippen LogP contribution in [0.5, 0.6) is 0 Å². The molecule has 0 unspecified atom stereocenters. The lowest BCUT2D eigenvalue weighted by Gasteiger charge is -1.97. The van der Waals surface area contributed by atoms with E-state index in [4.69, 9.17) is 10.2 Å². The largest absolute Gasteiger partial charge is 0.424 e. The van der Waals surface area contributed by atoms with E-state index in [1.165, 1.54) is 11.8 Å². The first kappa shape index (κ1) is 10.9. The standard InChI is InChI=1S/C8H12N6OS/c1-3-5-10-11-6(15-5)4-16-8-13-12-7(9)14(8)2/h3-4H2,1-2H3,(H2,9,12). The van der Waals surface area contributed by atoms with Gasteiger partial charge in [0, 0.05) is 13.5 Å². The minimum absolute atomic E-state index is 0.391. The molecule has 0 saturated carbocycles. The summed E-state index contributed by atoms with van der Waals surface area (Å²) in [5.74, 6) is 2.19. The van der Waals surface area contributed by atoms with Crippen LogP contribution in [-0.2, 0) is 19.2 Å². The van der Waals surface area contributed by atoms with E-state index in [2.05, 4.69) is 20.4 Å². The Bertz CT molecular complexity index is 479. The Kier molecular flexibility index (Phi) is 3.09. The van der Waals surface area contributed by atoms with E-state index in [9.17, 15) is 0 Å². The van der Waals surface area contributed by atoms with Gasteiger partial charge >= 0.3 is 0 Å². The number of aromatic nitrogens is 5. The molecule has 86 valence electrons. The molecule has 0 fully saturated rings. The maximum absolute atomic E-state index is 5.56. The van der Waals surface area contributed by atoms with Gasteiger partial charge in [0.05, 0.1) is 5.75 Å². The van der Waals surface area contributed by atoms with Gasteiger partial charge in [-0.1, -0.05) is 18.7 Å². The highest BCUT2D eigenvalue weighted by atomic mass is 32.2. The maximum atomic E-state index is 5.56. The molecule has 2 N–H and O–H groups in total. The Morgan fingerprint density at radius 2 is 2.00 bits per heavy atom. The van der Waals surface area contributed by atoms with Crippen molar-refractivity contribution in [2.75, 3.05) is 5.73 Å². The van der Waals surface area contributed by atoms with Crippen molar-refractivity contribution in [1.29, 1.82) is 0 Å². The summed E-state index contributed by atoms with van der Waals surface area (Å²) in [4.78, 5) is 0. The zero-order chi connectivity index (χ0) is 11.5. The first-order valence-electron chi connectivity index (χ1n) is 4.79. The zero-order valence-electron chi connectivity index (χ0n) is 9.04. The zero-order valence-corrected chi connectivity index (χ0v) is 9.86. The van der Waals surface area contributed by atoms with Crippen LogP contribution in [0.4, 0.5) is 5.95 Å². The number of nitrogens with two attached hydrogens (primary N) is 1. The lowest BCUT2D eigenvalue weighted by Crippen LogP contribution is -1.98. The van der Waals surface area contributed by atoms with E-state index in [0.29, 0.717) is 23.5 Å². The van der Waals surface area contributed by atoms with Crippen molar-refractivity contribution in [3.8, 4) is 0 Å². The molecule has 0 aliphatic heterocycles. The van der Waals surface area contributed by atoms with Crippen LogP contribution in [-0.4, -0.2) is 25.0 Å². The Morgan fingerprint density at radius 1 is 1.25 bits per heavy atom. The van der Waals surface area contributed by atoms with Gasteiger partial charge < -0.3 is 10.2 Å². The number of rotatable bonds is 4. The smallest absolute Gasteiger partial charge is 0.226 e. The van der Waals surface area contributed by atoms with E-state index < -0.39 is 0 Å². The van der Waals surface area contributed by atoms with E-state index in [1.807, 2.05) is 14.0 Å². The highest BCUT2D eigenvalue weighted by Crippen LogP contribution is 2.20. The van der Waals surface area contributed by atoms with Gasteiger partial charge in [0.2, 0.25) is 17.7 Å². The summed E-state index contributed by atoms with van der Waals surface area (Å²) >= 11 is 1.46. The summed E-state index contributed by atoms with van der Waals surface area (Å²) < 4.78 is 7.08. The predicted molar refractivity (Wildman–Crippen MR) is 58.7 cm³/mol. The quantitative estimate of drug-likeness (QED) is 0.783. The number of nitrogen functional groups attached to an aromatic ring is 1. The molecule has 0 amide bonds. The molecule has 2 rings (SSSR count). The lowest BCUT2D eigenvalue weighted by molar-refractivity contribution is 0.469. The van der Waals surface area contributed by atoms with E-state index >= 15 is 0 Å². The fourth-order valence-corrected chi connectivity index (χ4v) is 1.82. The van der Waals surface area contributed by atoms with Crippen LogP contribution in [0.3, 0.4) is 0 Å². The average Bonchev–Trinajstić information content (AvgIpc) is 2.86. The maximum Gasteiger partial charge on any atom is 0.226 e. The molecule has 0 spiro atoms. The minimum Gasteiger partial charge on any atom is -0.424 e. The SMILES string of the molecule is CCc1nnc(CSc2nnc(N)n2C)o1. The van der Waals surface area contributed by atoms with Crippen LogP contribution in [0.25, 0.3) is 0 Å². The van der Waals surface area contributed by atoms with E-state index in [1.54, 1.807) is 4.57 Å². The molecule has 2 aromatic rings. The van der Waals surface area contributed by atoms with Gasteiger partial charge in [0.1, 0.15) is 0 Å². The Balaban J connectivity index is 1.99. The Hall–Kier alpha value is -1.57. The highest BCUT2D eigenvalue weighted by molar-refractivity contribution is 7.98. The van der Waals surface area contributed by atoms with Crippen molar-refractivity contribution in [2.24, 2.45) is 7.05 Å². The molecule has 0 aromatic carbocycles. The van der Waals surface area contributed by atoms with Crippen molar-refractivity contribution in [2.45, 2.75) is 24.3 Å². The van der Waals surface area contributed by atoms with Crippen molar-refractivity contribution in [3.05, 3.63) is 11.8 Å². The number of hydrogen-bond donors (Lipinski definition) is 1. The molecule has 0 radical (unpaired) electrons. The number of nitrogens with zero attached hydrogens (tertiary/aromatic N) is 5. The van der Waals surface area contributed by atoms with Crippen LogP contribution in [0.1, 0.15) is 18.7 Å². The van der Waals surface area contributed by atoms with Crippen LogP contribution >= 0.6 is 11.8 Å². The van der Waals surface area contributed by atoms with Crippen LogP contribution in [0.2, 0.25) is 0 Å². The highest BCUT2D eigenvalue weighted by Gasteiger charge is 2.09. The van der Waals surface area contributed by atoms with Gasteiger partial charge in [-0.15, -0.1) is 20.4 Å². The van der Waals surface area contributed by atoms with E-state index in [-0.39, 0.29) is 0 Å². The summed E-state index contributed by atoms with van der Waals surface area (Å²) in [6.45, 7) is 1.97. The molecular formula is C8H12N6OS. The second kappa shape index (κ2) is 4.52. The molecule has 0 aliphatic carbocycles. The summed E-state index contributed by atoms with van der Waals surface area (Å²) in [5, 5.41) is 16.2. The monoisotopic (exact) mass is 240 g/mol. The molecule has 2 aromatic heterocycles. The summed E-state index contributed by atoms with van der Waals surface area (Å²) in [5.41, 5.74) is 5.56. The molecule has 0 bridgehead atoms. The average molecular weight is 240 g/mol. The van der Waals surface area contributed by atoms with Crippen molar-refractivity contribution < 1.29 is 4.42 Å². The summed E-state index contributed by atoms with van der Waals surface area (Å²) in [6.07, 6.45) is 0.745. The van der Waals surface area contributed by atoms with Gasteiger partial charge in [0.25, 0.3) is 0 Å². The topological polar surface area (TPSA) is 95.6 Å². The van der Waals surface area contributed by atoms with Crippen molar-refractivity contribution >= 4 is 17.7 Å². The molecular weight excluding hydrogens is 228 g/mol. The molecule has 0 saturated heterocycles. The van der Waals surface area contributed by atoms with Gasteiger partial charge in [-0.25, -0.2) is 0 Å². The first-order valence-corrected chi connectivity index (χ1v) is 5.78. The number of thioether (sulfide) groups is 1. The fraction of sp³-hybridized carbons (Fsp3) is 0.500. The first-order chi connectivity index (χ1) is 7.70. The fourth-order valence-electron chi connectivity index (χ4n) is 1.07. The number of aryl methyl sites for hydroxylation is 1. The normalized spacial score (nSPS) is 10.9. The molecule has 0 aliphatic rings. The molecule has 2 heterocycles. The van der Waals surface area contributed by atoms with Crippen molar-refractivity contribution in [1.82, 2.24) is 25.0 Å². The third kappa shape index (κ3) is 2.16. The lowest BCUT2D eigenvalue weighted by atomic mass is 10.5. The second-order valence-electron chi connectivity index (χ2n) is 3.13. The minimum atomic E-state index is 0.391. The summed E-state index contributed by atoms with van der Waals surface area (Å²) in [6, 6.07) is 0. The summed E-state index contributed by atoms with van der Waals surface area (Å²) in [7, 11) is 1.81. The Morgan fingerprint density at radius 3 is 2.56 bits per heavy atom. The third-order valence-electron chi connectivity index (χ3n) is 2.00. The van der Waals surface area contributed by atoms with E-state index in [0.717, 1.165) is 11.6 Å². The molecule has 16 heavy (non-hydrogen) atoms. The van der Waals surface area contributed by atoms with Gasteiger partial charge in [-0.3, -0.25) is 4.57 Å². The Labute approximate surface area is 96.4 Å². The van der Waals surface area contributed by atoms with Crippen LogP contribution in [0, 0.1) is 0 Å². The van der Waals surface area contributed by atoms with Crippen molar-refractivity contribution in [3.63, 3.8) is 0 Å². The van der Waals surface area contributed by atoms with Gasteiger partial charge in [0.15, 0.2) is 5.16 Å². The van der Waals surface area contributed by atoms with Crippen LogP contribution < -0.4 is 5.73 Å². The van der Waals surface area contributed by atoms with Crippen LogP contribution in [0.15, 0.2) is 9.57 Å². The van der Waals surface area contributed by atoms with Gasteiger partial charge in [-0.2, -0.15) is 0 Å². The predicted octanol–water partition coefficient (Wildman–Crippen LogP) is 0.635. The number of hydrogen-bond acceptors (Lipinski definition) is 7. The molecule has 7 nitrogen and oxygen atoms in total. The molecule has 8 heteroatoms. The second-order valence-corrected chi connectivity index (χ2v) is 4.07.